The van der Waals surface area contributed by atoms with Crippen molar-refractivity contribution in [3.8, 4) is 0 Å². The van der Waals surface area contributed by atoms with Crippen LogP contribution in [0, 0.1) is 0 Å². The maximum absolute atomic E-state index is 13.3. The van der Waals surface area contributed by atoms with E-state index in [-0.39, 0.29) is 6.61 Å². The first-order chi connectivity index (χ1) is 11.5. The van der Waals surface area contributed by atoms with Crippen molar-refractivity contribution in [2.24, 2.45) is 0 Å². The zero-order chi connectivity index (χ0) is 17.2. The third-order valence-corrected chi connectivity index (χ3v) is 4.04. The molecule has 0 amide bonds. The molecule has 0 aliphatic heterocycles. The Morgan fingerprint density at radius 1 is 1.04 bits per heavy atom. The van der Waals surface area contributed by atoms with Crippen LogP contribution in [-0.4, -0.2) is 16.5 Å². The average Bonchev–Trinajstić information content (AvgIpc) is 2.59. The normalized spacial score (nSPS) is 11.8. The Morgan fingerprint density at radius 2 is 1.75 bits per heavy atom. The van der Waals surface area contributed by atoms with Gasteiger partial charge in [0.25, 0.3) is 0 Å². The minimum Gasteiger partial charge on any atom is -0.456 e. The fourth-order valence-electron chi connectivity index (χ4n) is 2.57. The first-order valence-corrected chi connectivity index (χ1v) is 7.71. The number of fused-ring (bicyclic) bond motifs is 3. The third kappa shape index (κ3) is 3.19. The van der Waals surface area contributed by atoms with Crippen molar-refractivity contribution in [2.45, 2.75) is 11.9 Å². The van der Waals surface area contributed by atoms with Crippen molar-refractivity contribution >= 4 is 39.6 Å². The number of halogens is 2. The van der Waals surface area contributed by atoms with Crippen molar-refractivity contribution in [3.63, 3.8) is 0 Å². The van der Waals surface area contributed by atoms with E-state index in [2.05, 4.69) is 4.33 Å². The molecule has 0 saturated heterocycles. The van der Waals surface area contributed by atoms with Gasteiger partial charge in [-0.25, -0.2) is 10.1 Å². The highest BCUT2D eigenvalue weighted by Gasteiger charge is 2.43. The summed E-state index contributed by atoms with van der Waals surface area (Å²) in [5.74, 6) is -1.78. The number of hydrogen-bond donors (Lipinski definition) is 1. The molecule has 0 unspecified atom stereocenters. The molecular formula is C17H12F2O4S. The molecule has 3 aromatic rings. The van der Waals surface area contributed by atoms with E-state index in [0.717, 1.165) is 21.5 Å². The maximum atomic E-state index is 13.3. The van der Waals surface area contributed by atoms with E-state index in [0.29, 0.717) is 5.56 Å². The zero-order valence-electron chi connectivity index (χ0n) is 12.2. The average molecular weight is 350 g/mol. The van der Waals surface area contributed by atoms with Crippen molar-refractivity contribution in [2.75, 3.05) is 0 Å². The monoisotopic (exact) mass is 350 g/mol. The molecule has 0 aromatic heterocycles. The van der Waals surface area contributed by atoms with Gasteiger partial charge < -0.3 is 4.74 Å². The Bertz CT molecular complexity index is 898. The van der Waals surface area contributed by atoms with Crippen LogP contribution in [0.2, 0.25) is 0 Å². The van der Waals surface area contributed by atoms with Crippen molar-refractivity contribution in [1.82, 2.24) is 0 Å². The lowest BCUT2D eigenvalue weighted by atomic mass is 9.98. The quantitative estimate of drug-likeness (QED) is 0.236. The number of carbonyl (C=O) groups excluding carboxylic acids is 1. The molecule has 0 aliphatic carbocycles. The molecule has 0 atom stereocenters. The van der Waals surface area contributed by atoms with E-state index in [4.69, 9.17) is 9.99 Å². The van der Waals surface area contributed by atoms with Gasteiger partial charge in [-0.1, -0.05) is 54.6 Å². The number of ether oxygens (including phenoxy) is 1. The van der Waals surface area contributed by atoms with Crippen LogP contribution in [0.1, 0.15) is 5.56 Å². The minimum atomic E-state index is -3.98. The molecule has 0 saturated carbocycles. The summed E-state index contributed by atoms with van der Waals surface area (Å²) < 4.78 is 34.6. The molecule has 0 heterocycles. The molecular weight excluding hydrogens is 338 g/mol. The van der Waals surface area contributed by atoms with Crippen LogP contribution in [-0.2, 0) is 20.5 Å². The van der Waals surface area contributed by atoms with Gasteiger partial charge in [0.05, 0.1) is 0 Å². The second-order valence-electron chi connectivity index (χ2n) is 5.05. The molecule has 0 aliphatic rings. The largest absolute Gasteiger partial charge is 0.456 e. The van der Waals surface area contributed by atoms with Gasteiger partial charge in [0.1, 0.15) is 18.6 Å². The van der Waals surface area contributed by atoms with Crippen LogP contribution in [0.15, 0.2) is 54.6 Å². The predicted molar refractivity (Wildman–Crippen MR) is 87.5 cm³/mol. The first kappa shape index (κ1) is 16.6. The summed E-state index contributed by atoms with van der Waals surface area (Å²) in [5.41, 5.74) is 0.614. The van der Waals surface area contributed by atoms with Gasteiger partial charge in [-0.2, -0.15) is 13.1 Å². The Balaban J connectivity index is 1.95. The van der Waals surface area contributed by atoms with Crippen molar-refractivity contribution in [1.29, 1.82) is 0 Å². The lowest BCUT2D eigenvalue weighted by Crippen LogP contribution is -2.27. The van der Waals surface area contributed by atoms with E-state index in [1.54, 1.807) is 12.1 Å². The highest BCUT2D eigenvalue weighted by Crippen LogP contribution is 2.32. The van der Waals surface area contributed by atoms with Crippen LogP contribution < -0.4 is 0 Å². The maximum Gasteiger partial charge on any atom is 0.415 e. The molecule has 7 heteroatoms. The minimum absolute atomic E-state index is 0.314. The lowest BCUT2D eigenvalue weighted by molar-refractivity contribution is -0.166. The molecule has 1 N–H and O–H groups in total. The molecule has 4 nitrogen and oxygen atoms in total. The molecule has 0 bridgehead atoms. The summed E-state index contributed by atoms with van der Waals surface area (Å²) in [4.78, 5) is 11.4. The van der Waals surface area contributed by atoms with E-state index in [1.807, 2.05) is 42.5 Å². The fraction of sp³-hybridized carbons (Fsp3) is 0.118. The van der Waals surface area contributed by atoms with Crippen molar-refractivity contribution < 1.29 is 27.9 Å². The molecule has 0 fully saturated rings. The number of alkyl halides is 2. The summed E-state index contributed by atoms with van der Waals surface area (Å²) in [6, 6.07) is 16.9. The first-order valence-electron chi connectivity index (χ1n) is 6.96. The fourth-order valence-corrected chi connectivity index (χ4v) is 2.79. The molecule has 0 radical (unpaired) electrons. The Morgan fingerprint density at radius 3 is 2.54 bits per heavy atom. The smallest absolute Gasteiger partial charge is 0.415 e. The highest BCUT2D eigenvalue weighted by molar-refractivity contribution is 7.96. The third-order valence-electron chi connectivity index (χ3n) is 3.59. The van der Waals surface area contributed by atoms with Crippen LogP contribution >= 0.6 is 12.0 Å². The summed E-state index contributed by atoms with van der Waals surface area (Å²) in [6.07, 6.45) is 0. The number of benzene rings is 3. The predicted octanol–water partition coefficient (Wildman–Crippen LogP) is 4.77. The van der Waals surface area contributed by atoms with E-state index in [9.17, 15) is 13.6 Å². The summed E-state index contributed by atoms with van der Waals surface area (Å²) in [7, 11) is 0. The molecule has 0 spiro atoms. The van der Waals surface area contributed by atoms with E-state index in [1.165, 1.54) is 0 Å². The highest BCUT2D eigenvalue weighted by atomic mass is 32.2. The van der Waals surface area contributed by atoms with Crippen LogP contribution in [0.4, 0.5) is 8.78 Å². The topological polar surface area (TPSA) is 55.8 Å². The molecule has 124 valence electrons. The number of rotatable bonds is 5. The Hall–Kier alpha value is -2.22. The van der Waals surface area contributed by atoms with Crippen LogP contribution in [0.5, 0.6) is 0 Å². The summed E-state index contributed by atoms with van der Waals surface area (Å²) in [5, 5.41) is 7.79. The Kier molecular flexibility index (Phi) is 4.66. The van der Waals surface area contributed by atoms with E-state index >= 15 is 0 Å². The Labute approximate surface area is 140 Å². The second kappa shape index (κ2) is 6.72. The second-order valence-corrected chi connectivity index (χ2v) is 5.88. The van der Waals surface area contributed by atoms with Crippen molar-refractivity contribution in [3.05, 3.63) is 60.2 Å². The van der Waals surface area contributed by atoms with Gasteiger partial charge in [-0.05, 0) is 27.1 Å². The summed E-state index contributed by atoms with van der Waals surface area (Å²) in [6.45, 7) is -0.314. The van der Waals surface area contributed by atoms with Crippen LogP contribution in [0.3, 0.4) is 0 Å². The standard InChI is InChI=1S/C17H12F2O4S/c18-17(19,24-23-21)16(20)22-10-13-6-3-5-12-9-8-11-4-1-2-7-14(11)15(12)13/h1-9,21H,10H2. The molecule has 24 heavy (non-hydrogen) atoms. The van der Waals surface area contributed by atoms with Gasteiger partial charge in [0, 0.05) is 0 Å². The van der Waals surface area contributed by atoms with Gasteiger partial charge >= 0.3 is 11.2 Å². The lowest BCUT2D eigenvalue weighted by Gasteiger charge is -2.14. The van der Waals surface area contributed by atoms with Gasteiger partial charge in [0.2, 0.25) is 0 Å². The number of hydrogen-bond acceptors (Lipinski definition) is 5. The van der Waals surface area contributed by atoms with E-state index < -0.39 is 23.3 Å². The SMILES string of the molecule is O=C(OCc1cccc2ccc3ccccc3c12)C(F)(F)SOO. The van der Waals surface area contributed by atoms with Gasteiger partial charge in [-0.3, -0.25) is 0 Å². The summed E-state index contributed by atoms with van der Waals surface area (Å²) >= 11 is -0.669. The van der Waals surface area contributed by atoms with Gasteiger partial charge in [-0.15, -0.1) is 0 Å². The zero-order valence-corrected chi connectivity index (χ0v) is 13.1. The van der Waals surface area contributed by atoms with Gasteiger partial charge in [0.15, 0.2) is 0 Å². The number of esters is 1. The molecule has 3 aromatic carbocycles. The van der Waals surface area contributed by atoms with Crippen LogP contribution in [0.25, 0.3) is 21.5 Å². The molecule has 3 rings (SSSR count). The number of carbonyl (C=O) groups is 1.